The summed E-state index contributed by atoms with van der Waals surface area (Å²) in [5.74, 6) is 1.56. The Balaban J connectivity index is 1.47. The fraction of sp³-hybridized carbons (Fsp3) is 0.375. The Bertz CT molecular complexity index is 849. The summed E-state index contributed by atoms with van der Waals surface area (Å²) < 4.78 is 10.6. The van der Waals surface area contributed by atoms with Crippen molar-refractivity contribution < 1.29 is 14.3 Å². The van der Waals surface area contributed by atoms with E-state index in [2.05, 4.69) is 29.2 Å². The number of carbonyl (C=O) groups is 1. The molecule has 0 radical (unpaired) electrons. The SMILES string of the molecule is COc1ccc(SC(C)C(=O)N2CCN(C/C=C/c3ccccc3)CC2)cc1OC. The second kappa shape index (κ2) is 11.1. The number of carbonyl (C=O) groups excluding carboxylic acids is 1. The molecule has 6 heteroatoms. The van der Waals surface area contributed by atoms with Crippen molar-refractivity contribution in [2.24, 2.45) is 0 Å². The predicted molar refractivity (Wildman–Crippen MR) is 123 cm³/mol. The molecular weight excluding hydrogens is 396 g/mol. The number of rotatable bonds is 8. The van der Waals surface area contributed by atoms with Crippen LogP contribution in [0.1, 0.15) is 12.5 Å². The maximum Gasteiger partial charge on any atom is 0.235 e. The van der Waals surface area contributed by atoms with Crippen LogP contribution in [0.4, 0.5) is 0 Å². The van der Waals surface area contributed by atoms with Crippen molar-refractivity contribution in [1.82, 2.24) is 9.80 Å². The van der Waals surface area contributed by atoms with Gasteiger partial charge >= 0.3 is 0 Å². The highest BCUT2D eigenvalue weighted by Gasteiger charge is 2.25. The Morgan fingerprint density at radius 3 is 2.40 bits per heavy atom. The van der Waals surface area contributed by atoms with Crippen molar-refractivity contribution in [1.29, 1.82) is 0 Å². The van der Waals surface area contributed by atoms with E-state index in [-0.39, 0.29) is 11.2 Å². The van der Waals surface area contributed by atoms with E-state index in [4.69, 9.17) is 9.47 Å². The standard InChI is InChI=1S/C24H30N2O3S/c1-19(30-21-11-12-22(28-2)23(18-21)29-3)24(27)26-16-14-25(15-17-26)13-7-10-20-8-5-4-6-9-20/h4-12,18-19H,13-17H2,1-3H3/b10-7+. The molecule has 1 unspecified atom stereocenters. The van der Waals surface area contributed by atoms with Crippen molar-refractivity contribution >= 4 is 23.7 Å². The summed E-state index contributed by atoms with van der Waals surface area (Å²) in [5, 5.41) is -0.146. The third-order valence-electron chi connectivity index (χ3n) is 5.17. The van der Waals surface area contributed by atoms with Crippen molar-refractivity contribution in [2.75, 3.05) is 46.9 Å². The summed E-state index contributed by atoms with van der Waals surface area (Å²) in [6.45, 7) is 6.23. The lowest BCUT2D eigenvalue weighted by molar-refractivity contribution is -0.131. The van der Waals surface area contributed by atoms with Crippen LogP contribution in [0.25, 0.3) is 6.08 Å². The van der Waals surface area contributed by atoms with Gasteiger partial charge in [0.25, 0.3) is 0 Å². The first-order valence-electron chi connectivity index (χ1n) is 10.2. The van der Waals surface area contributed by atoms with Crippen LogP contribution < -0.4 is 9.47 Å². The summed E-state index contributed by atoms with van der Waals surface area (Å²) in [6, 6.07) is 16.1. The first-order valence-corrected chi connectivity index (χ1v) is 11.1. The maximum absolute atomic E-state index is 12.9. The molecule has 0 spiro atoms. The molecule has 1 saturated heterocycles. The van der Waals surface area contributed by atoms with E-state index < -0.39 is 0 Å². The Hall–Kier alpha value is -2.44. The smallest absolute Gasteiger partial charge is 0.235 e. The molecule has 1 aliphatic heterocycles. The van der Waals surface area contributed by atoms with Gasteiger partial charge in [-0.15, -0.1) is 11.8 Å². The molecule has 0 N–H and O–H groups in total. The third-order valence-corrected chi connectivity index (χ3v) is 6.25. The monoisotopic (exact) mass is 426 g/mol. The van der Waals surface area contributed by atoms with E-state index in [1.807, 2.05) is 48.2 Å². The molecule has 2 aromatic carbocycles. The molecule has 2 aromatic rings. The lowest BCUT2D eigenvalue weighted by atomic mass is 10.2. The van der Waals surface area contributed by atoms with Gasteiger partial charge in [-0.3, -0.25) is 9.69 Å². The normalized spacial score (nSPS) is 15.9. The minimum absolute atomic E-state index is 0.146. The second-order valence-electron chi connectivity index (χ2n) is 7.22. The molecule has 0 aliphatic carbocycles. The summed E-state index contributed by atoms with van der Waals surface area (Å²) >= 11 is 1.55. The lowest BCUT2D eigenvalue weighted by Crippen LogP contribution is -2.50. The first kappa shape index (κ1) is 22.2. The minimum Gasteiger partial charge on any atom is -0.493 e. The van der Waals surface area contributed by atoms with E-state index in [0.29, 0.717) is 11.5 Å². The molecular formula is C24H30N2O3S. The van der Waals surface area contributed by atoms with Gasteiger partial charge < -0.3 is 14.4 Å². The van der Waals surface area contributed by atoms with E-state index in [1.54, 1.807) is 26.0 Å². The van der Waals surface area contributed by atoms with Crippen LogP contribution in [-0.4, -0.2) is 67.9 Å². The summed E-state index contributed by atoms with van der Waals surface area (Å²) in [4.78, 5) is 18.3. The zero-order chi connectivity index (χ0) is 21.3. The minimum atomic E-state index is -0.146. The van der Waals surface area contributed by atoms with Crippen LogP contribution in [0.5, 0.6) is 11.5 Å². The quantitative estimate of drug-likeness (QED) is 0.596. The molecule has 5 nitrogen and oxygen atoms in total. The summed E-state index contributed by atoms with van der Waals surface area (Å²) in [5.41, 5.74) is 1.22. The predicted octanol–water partition coefficient (Wildman–Crippen LogP) is 4.04. The highest BCUT2D eigenvalue weighted by atomic mass is 32.2. The van der Waals surface area contributed by atoms with Crippen LogP contribution in [0.3, 0.4) is 0 Å². The summed E-state index contributed by atoms with van der Waals surface area (Å²) in [6.07, 6.45) is 4.35. The molecule has 30 heavy (non-hydrogen) atoms. The van der Waals surface area contributed by atoms with Gasteiger partial charge in [0.05, 0.1) is 19.5 Å². The molecule has 1 aliphatic rings. The van der Waals surface area contributed by atoms with Crippen LogP contribution in [0.15, 0.2) is 59.5 Å². The Labute approximate surface area is 183 Å². The number of piperazine rings is 1. The number of amides is 1. The van der Waals surface area contributed by atoms with Crippen LogP contribution in [-0.2, 0) is 4.79 Å². The van der Waals surface area contributed by atoms with E-state index in [1.165, 1.54) is 5.56 Å². The Kier molecular flexibility index (Phi) is 8.22. The maximum atomic E-state index is 12.9. The van der Waals surface area contributed by atoms with Gasteiger partial charge in [0.1, 0.15) is 0 Å². The van der Waals surface area contributed by atoms with E-state index in [0.717, 1.165) is 37.6 Å². The van der Waals surface area contributed by atoms with Gasteiger partial charge in [0.2, 0.25) is 5.91 Å². The first-order chi connectivity index (χ1) is 14.6. The van der Waals surface area contributed by atoms with Crippen molar-refractivity contribution in [3.05, 3.63) is 60.2 Å². The largest absolute Gasteiger partial charge is 0.493 e. The fourth-order valence-corrected chi connectivity index (χ4v) is 4.43. The van der Waals surface area contributed by atoms with Crippen LogP contribution >= 0.6 is 11.8 Å². The molecule has 0 aromatic heterocycles. The molecule has 1 fully saturated rings. The van der Waals surface area contributed by atoms with Gasteiger partial charge in [0.15, 0.2) is 11.5 Å². The third kappa shape index (κ3) is 6.03. The molecule has 1 amide bonds. The van der Waals surface area contributed by atoms with Gasteiger partial charge in [-0.1, -0.05) is 42.5 Å². The van der Waals surface area contributed by atoms with Crippen LogP contribution in [0.2, 0.25) is 0 Å². The van der Waals surface area contributed by atoms with Crippen molar-refractivity contribution in [3.8, 4) is 11.5 Å². The molecule has 160 valence electrons. The number of benzene rings is 2. The number of methoxy groups -OCH3 is 2. The molecule has 1 heterocycles. The number of thioether (sulfide) groups is 1. The van der Waals surface area contributed by atoms with E-state index >= 15 is 0 Å². The van der Waals surface area contributed by atoms with Crippen molar-refractivity contribution in [2.45, 2.75) is 17.1 Å². The van der Waals surface area contributed by atoms with Gasteiger partial charge in [-0.25, -0.2) is 0 Å². The molecule has 0 bridgehead atoms. The van der Waals surface area contributed by atoms with Gasteiger partial charge in [-0.2, -0.15) is 0 Å². The van der Waals surface area contributed by atoms with E-state index in [9.17, 15) is 4.79 Å². The van der Waals surface area contributed by atoms with Gasteiger partial charge in [0, 0.05) is 37.6 Å². The van der Waals surface area contributed by atoms with Crippen LogP contribution in [0, 0.1) is 0 Å². The highest BCUT2D eigenvalue weighted by Crippen LogP contribution is 2.34. The Morgan fingerprint density at radius 1 is 1.03 bits per heavy atom. The lowest BCUT2D eigenvalue weighted by Gasteiger charge is -2.35. The highest BCUT2D eigenvalue weighted by molar-refractivity contribution is 8.00. The topological polar surface area (TPSA) is 42.0 Å². The average molecular weight is 427 g/mol. The average Bonchev–Trinajstić information content (AvgIpc) is 2.79. The fourth-order valence-electron chi connectivity index (χ4n) is 3.45. The van der Waals surface area contributed by atoms with Crippen molar-refractivity contribution in [3.63, 3.8) is 0 Å². The number of hydrogen-bond acceptors (Lipinski definition) is 5. The second-order valence-corrected chi connectivity index (χ2v) is 8.63. The molecule has 1 atom stereocenters. The summed E-state index contributed by atoms with van der Waals surface area (Å²) in [7, 11) is 3.24. The Morgan fingerprint density at radius 2 is 1.73 bits per heavy atom. The van der Waals surface area contributed by atoms with Gasteiger partial charge in [-0.05, 0) is 30.7 Å². The zero-order valence-corrected chi connectivity index (χ0v) is 18.7. The molecule has 3 rings (SSSR count). The zero-order valence-electron chi connectivity index (χ0n) is 17.9. The number of ether oxygens (including phenoxy) is 2. The number of nitrogens with zero attached hydrogens (tertiary/aromatic N) is 2. The molecule has 0 saturated carbocycles. The number of hydrogen-bond donors (Lipinski definition) is 0.